The van der Waals surface area contributed by atoms with Crippen molar-refractivity contribution in [3.63, 3.8) is 0 Å². The van der Waals surface area contributed by atoms with Crippen molar-refractivity contribution >= 4 is 17.8 Å². The van der Waals surface area contributed by atoms with E-state index in [0.717, 1.165) is 46.6 Å². The summed E-state index contributed by atoms with van der Waals surface area (Å²) < 4.78 is 5.29. The summed E-state index contributed by atoms with van der Waals surface area (Å²) in [5.41, 5.74) is 1.72. The number of methoxy groups -OCH3 is 1. The highest BCUT2D eigenvalue weighted by atomic mass is 16.5. The summed E-state index contributed by atoms with van der Waals surface area (Å²) >= 11 is 0. The SMILES string of the molecule is COc1ccc(C)cc1CN1C(=O)C(=O)N(C2CCCC2)C1=O. The Labute approximate surface area is 135 Å². The van der Waals surface area contributed by atoms with Gasteiger partial charge in [-0.1, -0.05) is 30.5 Å². The molecule has 1 aromatic rings. The topological polar surface area (TPSA) is 66.9 Å². The van der Waals surface area contributed by atoms with E-state index in [2.05, 4.69) is 0 Å². The van der Waals surface area contributed by atoms with Gasteiger partial charge in [-0.25, -0.2) is 4.79 Å². The van der Waals surface area contributed by atoms with Crippen LogP contribution < -0.4 is 4.74 Å². The van der Waals surface area contributed by atoms with Crippen molar-refractivity contribution in [1.82, 2.24) is 9.80 Å². The van der Waals surface area contributed by atoms with E-state index in [1.54, 1.807) is 6.07 Å². The molecule has 1 saturated carbocycles. The number of imide groups is 2. The predicted molar refractivity (Wildman–Crippen MR) is 82.8 cm³/mol. The second kappa shape index (κ2) is 6.02. The maximum atomic E-state index is 12.6. The molecule has 0 aromatic heterocycles. The molecule has 1 aliphatic heterocycles. The van der Waals surface area contributed by atoms with Crippen molar-refractivity contribution in [2.24, 2.45) is 0 Å². The van der Waals surface area contributed by atoms with E-state index in [-0.39, 0.29) is 12.6 Å². The minimum atomic E-state index is -0.745. The first-order chi connectivity index (χ1) is 11.0. The van der Waals surface area contributed by atoms with Crippen molar-refractivity contribution in [2.75, 3.05) is 7.11 Å². The Morgan fingerprint density at radius 3 is 2.48 bits per heavy atom. The van der Waals surface area contributed by atoms with Crippen LogP contribution in [0.3, 0.4) is 0 Å². The fraction of sp³-hybridized carbons (Fsp3) is 0.471. The van der Waals surface area contributed by atoms with E-state index >= 15 is 0 Å². The summed E-state index contributed by atoms with van der Waals surface area (Å²) in [5.74, 6) is -0.845. The number of carbonyl (C=O) groups is 3. The summed E-state index contributed by atoms with van der Waals surface area (Å²) in [6.45, 7) is 1.98. The zero-order valence-corrected chi connectivity index (χ0v) is 13.4. The molecule has 2 aliphatic rings. The molecule has 0 spiro atoms. The van der Waals surface area contributed by atoms with Gasteiger partial charge in [-0.3, -0.25) is 19.4 Å². The molecule has 0 radical (unpaired) electrons. The molecule has 1 aromatic carbocycles. The lowest BCUT2D eigenvalue weighted by Gasteiger charge is -2.21. The predicted octanol–water partition coefficient (Wildman–Crippen LogP) is 2.24. The Kier molecular flexibility index (Phi) is 4.07. The number of ether oxygens (including phenoxy) is 1. The van der Waals surface area contributed by atoms with Gasteiger partial charge in [-0.2, -0.15) is 0 Å². The van der Waals surface area contributed by atoms with Crippen LogP contribution in [0.2, 0.25) is 0 Å². The lowest BCUT2D eigenvalue weighted by atomic mass is 10.1. The summed E-state index contributed by atoms with van der Waals surface area (Å²) in [6, 6.07) is 4.92. The van der Waals surface area contributed by atoms with Crippen molar-refractivity contribution in [2.45, 2.75) is 45.2 Å². The van der Waals surface area contributed by atoms with Crippen LogP contribution in [-0.2, 0) is 16.1 Å². The molecule has 4 amide bonds. The van der Waals surface area contributed by atoms with E-state index < -0.39 is 17.8 Å². The molecule has 3 rings (SSSR count). The fourth-order valence-electron chi connectivity index (χ4n) is 3.35. The van der Waals surface area contributed by atoms with Crippen LogP contribution in [0.25, 0.3) is 0 Å². The van der Waals surface area contributed by atoms with Gasteiger partial charge in [-0.05, 0) is 25.8 Å². The van der Waals surface area contributed by atoms with Gasteiger partial charge in [0.2, 0.25) is 0 Å². The fourth-order valence-corrected chi connectivity index (χ4v) is 3.35. The van der Waals surface area contributed by atoms with Crippen molar-refractivity contribution in [1.29, 1.82) is 0 Å². The Morgan fingerprint density at radius 1 is 1.13 bits per heavy atom. The molecule has 1 heterocycles. The Bertz CT molecular complexity index is 665. The smallest absolute Gasteiger partial charge is 0.334 e. The van der Waals surface area contributed by atoms with Gasteiger partial charge in [0, 0.05) is 11.6 Å². The van der Waals surface area contributed by atoms with E-state index in [4.69, 9.17) is 4.74 Å². The van der Waals surface area contributed by atoms with Crippen LogP contribution >= 0.6 is 0 Å². The molecular weight excluding hydrogens is 296 g/mol. The standard InChI is InChI=1S/C17H20N2O4/c1-11-7-8-14(23-2)12(9-11)10-18-15(20)16(21)19(17(18)22)13-5-3-4-6-13/h7-9,13H,3-6,10H2,1-2H3. The van der Waals surface area contributed by atoms with Crippen LogP contribution in [0.4, 0.5) is 4.79 Å². The zero-order chi connectivity index (χ0) is 16.6. The largest absolute Gasteiger partial charge is 0.496 e. The average molecular weight is 316 g/mol. The van der Waals surface area contributed by atoms with Crippen LogP contribution in [-0.4, -0.2) is 40.8 Å². The number of rotatable bonds is 4. The maximum absolute atomic E-state index is 12.6. The highest BCUT2D eigenvalue weighted by Gasteiger charge is 2.48. The minimum Gasteiger partial charge on any atom is -0.496 e. The maximum Gasteiger partial charge on any atom is 0.334 e. The van der Waals surface area contributed by atoms with Crippen LogP contribution in [0.5, 0.6) is 5.75 Å². The van der Waals surface area contributed by atoms with E-state index in [0.29, 0.717) is 5.75 Å². The van der Waals surface area contributed by atoms with E-state index in [1.807, 2.05) is 19.1 Å². The molecule has 1 aliphatic carbocycles. The summed E-state index contributed by atoms with van der Waals surface area (Å²) in [6.07, 6.45) is 3.54. The number of amides is 4. The monoisotopic (exact) mass is 316 g/mol. The third-order valence-corrected chi connectivity index (χ3v) is 4.54. The van der Waals surface area contributed by atoms with Crippen molar-refractivity contribution < 1.29 is 19.1 Å². The first-order valence-electron chi connectivity index (χ1n) is 7.85. The van der Waals surface area contributed by atoms with Gasteiger partial charge < -0.3 is 4.74 Å². The van der Waals surface area contributed by atoms with Gasteiger partial charge in [0.05, 0.1) is 13.7 Å². The number of aryl methyl sites for hydroxylation is 1. The van der Waals surface area contributed by atoms with Crippen LogP contribution in [0, 0.1) is 6.92 Å². The average Bonchev–Trinajstić information content (AvgIpc) is 3.11. The summed E-state index contributed by atoms with van der Waals surface area (Å²) in [5, 5.41) is 0. The quantitative estimate of drug-likeness (QED) is 0.631. The number of hydrogen-bond acceptors (Lipinski definition) is 4. The van der Waals surface area contributed by atoms with Crippen LogP contribution in [0.15, 0.2) is 18.2 Å². The molecule has 0 N–H and O–H groups in total. The lowest BCUT2D eigenvalue weighted by molar-refractivity contribution is -0.144. The molecule has 23 heavy (non-hydrogen) atoms. The highest BCUT2D eigenvalue weighted by molar-refractivity contribution is 6.44. The normalized spacial score (nSPS) is 19.1. The third-order valence-electron chi connectivity index (χ3n) is 4.54. The molecule has 0 unspecified atom stereocenters. The first kappa shape index (κ1) is 15.5. The molecule has 0 bridgehead atoms. The Morgan fingerprint density at radius 2 is 1.83 bits per heavy atom. The number of nitrogens with zero attached hydrogens (tertiary/aromatic N) is 2. The number of benzene rings is 1. The molecule has 0 atom stereocenters. The van der Waals surface area contributed by atoms with E-state index in [1.165, 1.54) is 7.11 Å². The molecule has 6 heteroatoms. The molecule has 1 saturated heterocycles. The van der Waals surface area contributed by atoms with Gasteiger partial charge in [0.1, 0.15) is 5.75 Å². The molecule has 122 valence electrons. The minimum absolute atomic E-state index is 0.0531. The molecule has 2 fully saturated rings. The first-order valence-corrected chi connectivity index (χ1v) is 7.85. The van der Waals surface area contributed by atoms with Gasteiger partial charge in [-0.15, -0.1) is 0 Å². The van der Waals surface area contributed by atoms with Gasteiger partial charge in [0.15, 0.2) is 0 Å². The zero-order valence-electron chi connectivity index (χ0n) is 13.4. The third kappa shape index (κ3) is 2.69. The Balaban J connectivity index is 1.86. The van der Waals surface area contributed by atoms with E-state index in [9.17, 15) is 14.4 Å². The summed E-state index contributed by atoms with van der Waals surface area (Å²) in [7, 11) is 1.54. The Hall–Kier alpha value is -2.37. The molecular formula is C17H20N2O4. The number of hydrogen-bond donors (Lipinski definition) is 0. The van der Waals surface area contributed by atoms with Crippen LogP contribution in [0.1, 0.15) is 36.8 Å². The van der Waals surface area contributed by atoms with Crippen molar-refractivity contribution in [3.05, 3.63) is 29.3 Å². The lowest BCUT2D eigenvalue weighted by Crippen LogP contribution is -2.39. The van der Waals surface area contributed by atoms with Gasteiger partial charge >= 0.3 is 17.8 Å². The molecule has 6 nitrogen and oxygen atoms in total. The highest BCUT2D eigenvalue weighted by Crippen LogP contribution is 2.29. The summed E-state index contributed by atoms with van der Waals surface area (Å²) in [4.78, 5) is 39.2. The van der Waals surface area contributed by atoms with Gasteiger partial charge in [0.25, 0.3) is 0 Å². The number of carbonyl (C=O) groups excluding carboxylic acids is 3. The second-order valence-electron chi connectivity index (χ2n) is 6.10. The number of urea groups is 1. The second-order valence-corrected chi connectivity index (χ2v) is 6.10. The van der Waals surface area contributed by atoms with Crippen molar-refractivity contribution in [3.8, 4) is 5.75 Å².